The predicted molar refractivity (Wildman–Crippen MR) is 353 cm³/mol. The third-order valence-electron chi connectivity index (χ3n) is 16.4. The standard InChI is InChI=1S/C77H81N5O/c1-73(2,3)57-35-29-36-58(74(4,5)6)65(57)51-44-52(46-54(45-51)83-53-42-43-56-55-34-23-25-38-60(55)82(64(56)47-53)72-78-59-37-24-26-39-61(59)79(72)16)80-48-81(63-41-28-27-40-62(63)80)71-66(49-30-19-17-20-31-49)68(75(7,8)9)70(77(13,14)15)69(76(10,11)12)67(71)50-32-21-18-22-33-50/h17-47H,48H2,1-16H3/i16D3,23D,25D,34D,38D. The van der Waals surface area contributed by atoms with E-state index in [1.807, 2.05) is 6.07 Å². The molecule has 0 amide bonds. The molecule has 0 fully saturated rings. The lowest BCUT2D eigenvalue weighted by Gasteiger charge is -2.43. The maximum absolute atomic E-state index is 9.39. The van der Waals surface area contributed by atoms with Gasteiger partial charge in [-0.15, -0.1) is 0 Å². The molecule has 0 spiro atoms. The summed E-state index contributed by atoms with van der Waals surface area (Å²) in [6.45, 7) is 32.6. The quantitative estimate of drug-likeness (QED) is 0.152. The van der Waals surface area contributed by atoms with Crippen molar-refractivity contribution in [3.63, 3.8) is 0 Å². The van der Waals surface area contributed by atoms with Crippen molar-refractivity contribution in [1.29, 1.82) is 0 Å². The molecule has 6 nitrogen and oxygen atoms in total. The Hall–Kier alpha value is -8.35. The fourth-order valence-electron chi connectivity index (χ4n) is 13.0. The van der Waals surface area contributed by atoms with Gasteiger partial charge in [0.1, 0.15) is 18.2 Å². The Morgan fingerprint density at radius 3 is 1.58 bits per heavy atom. The second kappa shape index (κ2) is 19.9. The van der Waals surface area contributed by atoms with Crippen LogP contribution < -0.4 is 14.5 Å². The van der Waals surface area contributed by atoms with Crippen molar-refractivity contribution >= 4 is 55.6 Å². The third kappa shape index (κ3) is 9.68. The lowest BCUT2D eigenvalue weighted by molar-refractivity contribution is 0.483. The molecule has 0 N–H and O–H groups in total. The zero-order valence-electron chi connectivity index (χ0n) is 57.9. The van der Waals surface area contributed by atoms with Gasteiger partial charge in [-0.25, -0.2) is 4.98 Å². The van der Waals surface area contributed by atoms with E-state index in [1.165, 1.54) is 43.5 Å². The minimum atomic E-state index is -2.73. The third-order valence-corrected chi connectivity index (χ3v) is 16.4. The van der Waals surface area contributed by atoms with Gasteiger partial charge in [0.05, 0.1) is 44.6 Å². The van der Waals surface area contributed by atoms with Gasteiger partial charge in [0.25, 0.3) is 0 Å². The molecule has 0 saturated carbocycles. The second-order valence-corrected chi connectivity index (χ2v) is 27.7. The Morgan fingerprint density at radius 2 is 1.00 bits per heavy atom. The highest BCUT2D eigenvalue weighted by atomic mass is 16.5. The molecule has 1 aliphatic heterocycles. The van der Waals surface area contributed by atoms with Crippen LogP contribution in [0.2, 0.25) is 0 Å². The molecule has 9 aromatic carbocycles. The Labute approximate surface area is 502 Å². The molecule has 2 aromatic heterocycles. The summed E-state index contributed by atoms with van der Waals surface area (Å²) in [7, 11) is 0. The van der Waals surface area contributed by atoms with Gasteiger partial charge in [-0.3, -0.25) is 4.57 Å². The number of imidazole rings is 1. The molecule has 83 heavy (non-hydrogen) atoms. The van der Waals surface area contributed by atoms with Crippen molar-refractivity contribution in [2.75, 3.05) is 16.5 Å². The van der Waals surface area contributed by atoms with Gasteiger partial charge in [-0.05, 0) is 132 Å². The lowest BCUT2D eigenvalue weighted by Crippen LogP contribution is -2.32. The van der Waals surface area contributed by atoms with E-state index in [1.54, 1.807) is 41.0 Å². The van der Waals surface area contributed by atoms with Crippen molar-refractivity contribution in [3.8, 4) is 50.8 Å². The van der Waals surface area contributed by atoms with Gasteiger partial charge in [0.2, 0.25) is 5.95 Å². The monoisotopic (exact) mass is 1100 g/mol. The van der Waals surface area contributed by atoms with Crippen molar-refractivity contribution in [1.82, 2.24) is 14.1 Å². The number of benzene rings is 9. The highest BCUT2D eigenvalue weighted by molar-refractivity contribution is 6.10. The smallest absolute Gasteiger partial charge is 0.215 e. The summed E-state index contributed by atoms with van der Waals surface area (Å²) in [5, 5.41) is 0.722. The first kappa shape index (κ1) is 47.2. The first-order valence-electron chi connectivity index (χ1n) is 32.7. The number of aryl methyl sites for hydroxylation is 1. The summed E-state index contributed by atoms with van der Waals surface area (Å²) in [6, 6.07) is 54.9. The lowest BCUT2D eigenvalue weighted by atomic mass is 9.64. The molecule has 12 rings (SSSR count). The van der Waals surface area contributed by atoms with Gasteiger partial charge in [-0.2, -0.15) is 0 Å². The SMILES string of the molecule is [2H]c1c([2H])c([2H])c2c(c1[2H])c1ccc(Oc3cc(-c4c(C(C)(C)C)cccc4C(C)(C)C)cc(N4CN(c5c(-c6ccccc6)c(C(C)(C)C)c(C(C)(C)C)c(C(C)(C)C)c5-c5ccccc5)c5ccccc54)c3)cc1n2-c1nc2ccccc2n1C([2H])([2H])[2H]. The van der Waals surface area contributed by atoms with Crippen molar-refractivity contribution in [2.24, 2.45) is 6.98 Å². The average molecular weight is 1100 g/mol. The molecule has 0 bridgehead atoms. The van der Waals surface area contributed by atoms with Crippen LogP contribution >= 0.6 is 0 Å². The van der Waals surface area contributed by atoms with E-state index in [4.69, 9.17) is 16.6 Å². The van der Waals surface area contributed by atoms with Crippen molar-refractivity contribution in [3.05, 3.63) is 216 Å². The molecule has 6 heteroatoms. The van der Waals surface area contributed by atoms with E-state index in [2.05, 4.69) is 235 Å². The molecular formula is C77H81N5O. The molecule has 0 saturated heterocycles. The van der Waals surface area contributed by atoms with E-state index >= 15 is 0 Å². The molecule has 0 radical (unpaired) electrons. The maximum atomic E-state index is 9.39. The normalized spacial score (nSPS) is 14.8. The largest absolute Gasteiger partial charge is 0.457 e. The number of ether oxygens (including phenoxy) is 1. The zero-order valence-corrected chi connectivity index (χ0v) is 50.9. The van der Waals surface area contributed by atoms with Crippen molar-refractivity contribution in [2.45, 2.75) is 131 Å². The molecular weight excluding hydrogens is 1010 g/mol. The van der Waals surface area contributed by atoms with Crippen LogP contribution in [-0.2, 0) is 34.1 Å². The van der Waals surface area contributed by atoms with Crippen LogP contribution in [0.1, 0.15) is 141 Å². The Kier molecular flexibility index (Phi) is 11.3. The minimum Gasteiger partial charge on any atom is -0.457 e. The zero-order chi connectivity index (χ0) is 64.7. The fraction of sp³-hybridized carbons (Fsp3) is 0.286. The molecule has 11 aromatic rings. The predicted octanol–water partition coefficient (Wildman–Crippen LogP) is 21.2. The number of anilines is 4. The van der Waals surface area contributed by atoms with Gasteiger partial charge < -0.3 is 19.1 Å². The maximum Gasteiger partial charge on any atom is 0.215 e. The van der Waals surface area contributed by atoms with Crippen LogP contribution in [0, 0.1) is 0 Å². The van der Waals surface area contributed by atoms with Crippen LogP contribution in [-0.4, -0.2) is 20.8 Å². The topological polar surface area (TPSA) is 38.5 Å². The van der Waals surface area contributed by atoms with E-state index in [0.717, 1.165) is 45.0 Å². The minimum absolute atomic E-state index is 0.0171. The van der Waals surface area contributed by atoms with E-state index in [9.17, 15) is 2.74 Å². The van der Waals surface area contributed by atoms with E-state index in [0.29, 0.717) is 40.1 Å². The number of para-hydroxylation sites is 5. The van der Waals surface area contributed by atoms with Gasteiger partial charge in [0.15, 0.2) is 0 Å². The summed E-state index contributed by atoms with van der Waals surface area (Å²) in [6.07, 6.45) is 0. The van der Waals surface area contributed by atoms with Crippen LogP contribution in [0.5, 0.6) is 11.5 Å². The molecule has 420 valence electrons. The van der Waals surface area contributed by atoms with Gasteiger partial charge >= 0.3 is 0 Å². The van der Waals surface area contributed by atoms with Gasteiger partial charge in [0, 0.05) is 50.8 Å². The number of hydrogen-bond acceptors (Lipinski definition) is 4. The fourth-order valence-corrected chi connectivity index (χ4v) is 13.0. The molecule has 1 aliphatic rings. The Bertz CT molecular complexity index is 4550. The van der Waals surface area contributed by atoms with E-state index < -0.39 is 19.1 Å². The highest BCUT2D eigenvalue weighted by Crippen LogP contribution is 2.59. The first-order valence-corrected chi connectivity index (χ1v) is 29.2. The van der Waals surface area contributed by atoms with Crippen molar-refractivity contribution < 1.29 is 14.3 Å². The molecule has 3 heterocycles. The number of rotatable bonds is 8. The molecule has 0 unspecified atom stereocenters. The average Bonchev–Trinajstić information content (AvgIpc) is 1.34. The highest BCUT2D eigenvalue weighted by Gasteiger charge is 2.42. The summed E-state index contributed by atoms with van der Waals surface area (Å²) in [5.74, 6) is 0.919. The molecule has 0 aliphatic carbocycles. The Morgan fingerprint density at radius 1 is 0.446 bits per heavy atom. The van der Waals surface area contributed by atoms with Crippen LogP contribution in [0.3, 0.4) is 0 Å². The summed E-state index contributed by atoms with van der Waals surface area (Å²) < 4.78 is 73.0. The second-order valence-electron chi connectivity index (χ2n) is 27.7. The number of aromatic nitrogens is 3. The summed E-state index contributed by atoms with van der Waals surface area (Å²) in [4.78, 5) is 9.89. The Balaban J connectivity index is 1.14. The van der Waals surface area contributed by atoms with E-state index in [-0.39, 0.29) is 56.0 Å². The van der Waals surface area contributed by atoms with Crippen LogP contribution in [0.25, 0.3) is 72.2 Å². The number of hydrogen-bond donors (Lipinski definition) is 0. The number of fused-ring (bicyclic) bond motifs is 5. The van der Waals surface area contributed by atoms with Crippen LogP contribution in [0.15, 0.2) is 188 Å². The van der Waals surface area contributed by atoms with Gasteiger partial charge in [-0.1, -0.05) is 225 Å². The summed E-state index contributed by atoms with van der Waals surface area (Å²) in [5.41, 5.74) is 17.2. The summed E-state index contributed by atoms with van der Waals surface area (Å²) >= 11 is 0. The molecule has 0 atom stereocenters. The number of nitrogens with zero attached hydrogens (tertiary/aromatic N) is 5. The van der Waals surface area contributed by atoms with Crippen LogP contribution in [0.4, 0.5) is 22.7 Å². The first-order chi connectivity index (χ1) is 42.2.